The molecule has 0 N–H and O–H groups in total. The number of aromatic nitrogens is 5. The smallest absolute Gasteiger partial charge is 0.168 e. The molecule has 0 saturated carbocycles. The summed E-state index contributed by atoms with van der Waals surface area (Å²) in [6, 6.07) is 4.02. The van der Waals surface area contributed by atoms with Crippen molar-refractivity contribution in [3.05, 3.63) is 30.9 Å². The van der Waals surface area contributed by atoms with Gasteiger partial charge in [-0.15, -0.1) is 5.10 Å². The molecule has 0 bridgehead atoms. The number of nitrogens with zero attached hydrogens (tertiary/aromatic N) is 7. The van der Waals surface area contributed by atoms with Gasteiger partial charge in [0.15, 0.2) is 11.5 Å². The minimum absolute atomic E-state index is 0.707. The summed E-state index contributed by atoms with van der Waals surface area (Å²) in [7, 11) is 0. The van der Waals surface area contributed by atoms with Crippen LogP contribution in [-0.4, -0.2) is 77.3 Å². The second-order valence-corrected chi connectivity index (χ2v) is 6.57. The molecule has 0 amide bonds. The van der Waals surface area contributed by atoms with E-state index in [9.17, 15) is 0 Å². The topological polar surface area (TPSA) is 81.4 Å². The highest BCUT2D eigenvalue weighted by atomic mass is 16.5. The lowest BCUT2D eigenvalue weighted by atomic mass is 10.3. The maximum Gasteiger partial charge on any atom is 0.168 e. The van der Waals surface area contributed by atoms with Crippen molar-refractivity contribution in [2.75, 3.05) is 62.4 Å². The molecule has 5 rings (SSSR count). The molecule has 0 radical (unpaired) electrons. The third kappa shape index (κ3) is 3.08. The summed E-state index contributed by atoms with van der Waals surface area (Å²) in [5.74, 6) is 1.83. The lowest BCUT2D eigenvalue weighted by Gasteiger charge is -2.28. The fourth-order valence-electron chi connectivity index (χ4n) is 3.54. The van der Waals surface area contributed by atoms with Gasteiger partial charge in [-0.25, -0.2) is 19.6 Å². The van der Waals surface area contributed by atoms with E-state index < -0.39 is 0 Å². The zero-order valence-corrected chi connectivity index (χ0v) is 15.0. The molecule has 2 saturated heterocycles. The van der Waals surface area contributed by atoms with Gasteiger partial charge in [0.2, 0.25) is 0 Å². The van der Waals surface area contributed by atoms with E-state index in [0.717, 1.165) is 67.7 Å². The van der Waals surface area contributed by atoms with E-state index in [-0.39, 0.29) is 0 Å². The third-order valence-electron chi connectivity index (χ3n) is 4.95. The molecule has 0 aliphatic carbocycles. The van der Waals surface area contributed by atoms with Gasteiger partial charge in [0, 0.05) is 44.6 Å². The number of fused-ring (bicyclic) bond motifs is 1. The maximum absolute atomic E-state index is 5.48. The van der Waals surface area contributed by atoms with E-state index >= 15 is 0 Å². The highest BCUT2D eigenvalue weighted by molar-refractivity contribution is 5.88. The number of anilines is 2. The molecule has 2 fully saturated rings. The minimum Gasteiger partial charge on any atom is -0.378 e. The first-order chi connectivity index (χ1) is 13.4. The van der Waals surface area contributed by atoms with E-state index in [1.165, 1.54) is 0 Å². The van der Waals surface area contributed by atoms with Crippen molar-refractivity contribution in [3.63, 3.8) is 0 Å². The fourth-order valence-corrected chi connectivity index (χ4v) is 3.54. The lowest BCUT2D eigenvalue weighted by Crippen LogP contribution is -2.36. The highest BCUT2D eigenvalue weighted by Crippen LogP contribution is 2.28. The monoisotopic (exact) mass is 367 g/mol. The lowest BCUT2D eigenvalue weighted by molar-refractivity contribution is 0.122. The molecule has 0 unspecified atom stereocenters. The predicted molar refractivity (Wildman–Crippen MR) is 101 cm³/mol. The Labute approximate surface area is 156 Å². The molecule has 5 heterocycles. The van der Waals surface area contributed by atoms with Crippen LogP contribution < -0.4 is 9.80 Å². The fraction of sp³-hybridized carbons (Fsp3) is 0.444. The molecule has 3 aromatic heterocycles. The van der Waals surface area contributed by atoms with E-state index in [4.69, 9.17) is 14.6 Å². The summed E-state index contributed by atoms with van der Waals surface area (Å²) >= 11 is 0. The Hall–Kier alpha value is -2.78. The van der Waals surface area contributed by atoms with Crippen LogP contribution in [0.2, 0.25) is 0 Å². The Morgan fingerprint density at radius 1 is 0.889 bits per heavy atom. The van der Waals surface area contributed by atoms with Gasteiger partial charge in [-0.2, -0.15) is 0 Å². The number of ether oxygens (including phenoxy) is 2. The van der Waals surface area contributed by atoms with E-state index in [1.54, 1.807) is 6.33 Å². The summed E-state index contributed by atoms with van der Waals surface area (Å²) < 4.78 is 12.8. The summed E-state index contributed by atoms with van der Waals surface area (Å²) in [6.45, 7) is 6.19. The molecule has 9 nitrogen and oxygen atoms in total. The first-order valence-electron chi connectivity index (χ1n) is 9.21. The van der Waals surface area contributed by atoms with Gasteiger partial charge in [0.05, 0.1) is 37.5 Å². The molecule has 27 heavy (non-hydrogen) atoms. The second kappa shape index (κ2) is 7.09. The minimum atomic E-state index is 0.707. The van der Waals surface area contributed by atoms with Crippen LogP contribution in [0.25, 0.3) is 16.7 Å². The molecular formula is C18H21N7O2. The van der Waals surface area contributed by atoms with Crippen molar-refractivity contribution in [2.45, 2.75) is 0 Å². The van der Waals surface area contributed by atoms with Crippen LogP contribution in [0.5, 0.6) is 0 Å². The second-order valence-electron chi connectivity index (χ2n) is 6.57. The molecule has 0 aromatic carbocycles. The molecule has 2 aliphatic heterocycles. The van der Waals surface area contributed by atoms with Crippen LogP contribution in [0.3, 0.4) is 0 Å². The number of hydrogen-bond donors (Lipinski definition) is 0. The van der Waals surface area contributed by atoms with Gasteiger partial charge >= 0.3 is 0 Å². The quantitative estimate of drug-likeness (QED) is 0.675. The van der Waals surface area contributed by atoms with Crippen molar-refractivity contribution < 1.29 is 9.47 Å². The molecule has 3 aromatic rings. The Morgan fingerprint density at radius 3 is 2.41 bits per heavy atom. The molecule has 0 atom stereocenters. The Balaban J connectivity index is 1.57. The van der Waals surface area contributed by atoms with Crippen LogP contribution in [-0.2, 0) is 9.47 Å². The number of hydrogen-bond acceptors (Lipinski definition) is 8. The van der Waals surface area contributed by atoms with E-state index in [1.807, 2.05) is 23.1 Å². The molecule has 9 heteroatoms. The van der Waals surface area contributed by atoms with Crippen molar-refractivity contribution in [1.29, 1.82) is 0 Å². The van der Waals surface area contributed by atoms with Gasteiger partial charge in [-0.05, 0) is 6.07 Å². The highest BCUT2D eigenvalue weighted by Gasteiger charge is 2.21. The summed E-state index contributed by atoms with van der Waals surface area (Å²) in [5.41, 5.74) is 1.74. The number of morpholine rings is 2. The standard InChI is InChI=1S/C18H21N7O2/c1-2-20-16(23-3-7-26-8-4-23)11-14(1)25-17-15(12-19-13-21-17)18(22-25)24-5-9-27-10-6-24/h1-2,11-13H,3-10H2. The Kier molecular flexibility index (Phi) is 4.30. The van der Waals surface area contributed by atoms with Crippen molar-refractivity contribution >= 4 is 22.7 Å². The Morgan fingerprint density at radius 2 is 1.63 bits per heavy atom. The summed E-state index contributed by atoms with van der Waals surface area (Å²) in [6.07, 6.45) is 5.22. The van der Waals surface area contributed by atoms with Crippen LogP contribution >= 0.6 is 0 Å². The van der Waals surface area contributed by atoms with E-state index in [0.29, 0.717) is 13.2 Å². The average Bonchev–Trinajstić information content (AvgIpc) is 3.15. The number of pyridine rings is 1. The number of rotatable bonds is 3. The maximum atomic E-state index is 5.48. The molecular weight excluding hydrogens is 346 g/mol. The van der Waals surface area contributed by atoms with Crippen LogP contribution in [0, 0.1) is 0 Å². The van der Waals surface area contributed by atoms with Crippen LogP contribution in [0.15, 0.2) is 30.9 Å². The average molecular weight is 367 g/mol. The zero-order chi connectivity index (χ0) is 18.1. The van der Waals surface area contributed by atoms with Gasteiger partial charge in [-0.1, -0.05) is 0 Å². The molecule has 0 spiro atoms. The van der Waals surface area contributed by atoms with Crippen molar-refractivity contribution in [2.24, 2.45) is 0 Å². The zero-order valence-electron chi connectivity index (χ0n) is 15.0. The SMILES string of the molecule is c1cc(-n2nc(N3CCOCC3)c3cncnc32)cc(N2CCOCC2)n1. The van der Waals surface area contributed by atoms with Gasteiger partial charge < -0.3 is 19.3 Å². The van der Waals surface area contributed by atoms with Gasteiger partial charge in [0.1, 0.15) is 12.1 Å². The van der Waals surface area contributed by atoms with Gasteiger partial charge in [0.25, 0.3) is 0 Å². The van der Waals surface area contributed by atoms with Crippen LogP contribution in [0.4, 0.5) is 11.6 Å². The summed E-state index contributed by atoms with van der Waals surface area (Å²) in [4.78, 5) is 17.7. The summed E-state index contributed by atoms with van der Waals surface area (Å²) in [5, 5.41) is 5.83. The van der Waals surface area contributed by atoms with Crippen LogP contribution in [0.1, 0.15) is 0 Å². The Bertz CT molecular complexity index is 932. The van der Waals surface area contributed by atoms with E-state index in [2.05, 4.69) is 30.8 Å². The normalized spacial score (nSPS) is 18.2. The first-order valence-corrected chi connectivity index (χ1v) is 9.21. The van der Waals surface area contributed by atoms with Crippen molar-refractivity contribution in [3.8, 4) is 5.69 Å². The molecule has 2 aliphatic rings. The van der Waals surface area contributed by atoms with Crippen molar-refractivity contribution in [1.82, 2.24) is 24.7 Å². The third-order valence-corrected chi connectivity index (χ3v) is 4.95. The molecule has 140 valence electrons. The van der Waals surface area contributed by atoms with Gasteiger partial charge in [-0.3, -0.25) is 0 Å². The first kappa shape index (κ1) is 16.4. The largest absolute Gasteiger partial charge is 0.378 e. The predicted octanol–water partition coefficient (Wildman–Crippen LogP) is 0.884.